The van der Waals surface area contributed by atoms with Crippen LogP contribution in [0.15, 0.2) is 0 Å². The summed E-state index contributed by atoms with van der Waals surface area (Å²) in [6, 6.07) is 0. The molecule has 0 aromatic heterocycles. The van der Waals surface area contributed by atoms with Crippen molar-refractivity contribution in [2.45, 2.75) is 6.42 Å². The minimum atomic E-state index is 0.969. The summed E-state index contributed by atoms with van der Waals surface area (Å²) in [6.45, 7) is 1.07. The topological polar surface area (TPSA) is 24.1 Å². The molecular weight excluding hydrogens is 152 g/mol. The molecule has 0 aromatic rings. The Labute approximate surface area is 66.7 Å². The Hall–Kier alpha value is 0.620. The molecule has 0 saturated carbocycles. The van der Waals surface area contributed by atoms with Crippen LogP contribution in [0.25, 0.3) is 0 Å². The first-order valence-corrected chi connectivity index (χ1v) is 4.63. The van der Waals surface area contributed by atoms with Crippen molar-refractivity contribution in [2.75, 3.05) is 25.2 Å². The summed E-state index contributed by atoms with van der Waals surface area (Å²) in [5.74, 6) is 1.95. The maximum Gasteiger partial charge on any atom is 0.0565 e. The van der Waals surface area contributed by atoms with Crippen molar-refractivity contribution >= 4 is 24.6 Å². The molecule has 0 fully saturated rings. The second-order valence-electron chi connectivity index (χ2n) is 1.57. The molecule has 0 saturated heterocycles. The lowest BCUT2D eigenvalue weighted by Gasteiger charge is -2.00. The average Bonchev–Trinajstić information content (AvgIpc) is 1.89. The van der Waals surface area contributed by atoms with Crippen molar-refractivity contribution in [3.8, 4) is 0 Å². The highest BCUT2D eigenvalue weighted by Crippen LogP contribution is 1.86. The fraction of sp³-hybridized carbons (Fsp3) is 1.00. The zero-order valence-electron chi connectivity index (χ0n) is 5.68. The van der Waals surface area contributed by atoms with Gasteiger partial charge in [0.2, 0.25) is 0 Å². The van der Waals surface area contributed by atoms with Crippen LogP contribution in [-0.4, -0.2) is 25.2 Å². The number of thiol groups is 1. The average molecular weight is 166 g/mol. The number of hydrogen-bond donors (Lipinski definition) is 3. The third kappa shape index (κ3) is 8.62. The van der Waals surface area contributed by atoms with Crippen LogP contribution in [0.2, 0.25) is 0 Å². The predicted molar refractivity (Wildman–Crippen MR) is 48.0 cm³/mol. The van der Waals surface area contributed by atoms with Gasteiger partial charge < -0.3 is 5.32 Å². The molecule has 9 heavy (non-hydrogen) atoms. The maximum atomic E-state index is 4.08. The first kappa shape index (κ1) is 9.62. The highest BCUT2D eigenvalue weighted by Gasteiger charge is 1.83. The van der Waals surface area contributed by atoms with Gasteiger partial charge in [0, 0.05) is 0 Å². The van der Waals surface area contributed by atoms with Crippen LogP contribution < -0.4 is 10.0 Å². The summed E-state index contributed by atoms with van der Waals surface area (Å²) in [7, 11) is 1.92. The van der Waals surface area contributed by atoms with Gasteiger partial charge in [-0.1, -0.05) is 11.9 Å². The van der Waals surface area contributed by atoms with Crippen molar-refractivity contribution in [2.24, 2.45) is 0 Å². The molecule has 0 aromatic carbocycles. The third-order valence-electron chi connectivity index (χ3n) is 0.830. The van der Waals surface area contributed by atoms with Gasteiger partial charge in [-0.2, -0.15) is 12.6 Å². The Morgan fingerprint density at radius 3 is 2.89 bits per heavy atom. The van der Waals surface area contributed by atoms with E-state index in [1.54, 1.807) is 11.9 Å². The van der Waals surface area contributed by atoms with Crippen molar-refractivity contribution in [3.05, 3.63) is 0 Å². The van der Waals surface area contributed by atoms with Crippen LogP contribution in [0.1, 0.15) is 6.42 Å². The molecule has 0 amide bonds. The molecule has 0 aliphatic heterocycles. The molecule has 2 nitrogen and oxygen atoms in total. The molecule has 0 heterocycles. The Morgan fingerprint density at radius 2 is 2.33 bits per heavy atom. The first-order chi connectivity index (χ1) is 4.41. The van der Waals surface area contributed by atoms with Crippen molar-refractivity contribution in [3.63, 3.8) is 0 Å². The van der Waals surface area contributed by atoms with Crippen LogP contribution in [0.4, 0.5) is 0 Å². The van der Waals surface area contributed by atoms with Gasteiger partial charge in [-0.25, -0.2) is 0 Å². The molecular formula is C5H14N2S2. The van der Waals surface area contributed by atoms with Gasteiger partial charge in [-0.05, 0) is 25.8 Å². The van der Waals surface area contributed by atoms with Crippen molar-refractivity contribution in [1.82, 2.24) is 10.0 Å². The van der Waals surface area contributed by atoms with Gasteiger partial charge >= 0.3 is 0 Å². The molecule has 56 valence electrons. The number of rotatable bonds is 6. The van der Waals surface area contributed by atoms with Crippen LogP contribution in [-0.2, 0) is 0 Å². The second kappa shape index (κ2) is 8.62. The molecule has 0 aliphatic rings. The summed E-state index contributed by atoms with van der Waals surface area (Å²) >= 11 is 5.76. The minimum absolute atomic E-state index is 0.969. The second-order valence-corrected chi connectivity index (χ2v) is 3.00. The fourth-order valence-electron chi connectivity index (χ4n) is 0.399. The van der Waals surface area contributed by atoms with E-state index in [9.17, 15) is 0 Å². The molecule has 0 atom stereocenters. The van der Waals surface area contributed by atoms with E-state index in [2.05, 4.69) is 22.7 Å². The zero-order chi connectivity index (χ0) is 6.95. The Bertz CT molecular complexity index is 46.2. The highest BCUT2D eigenvalue weighted by molar-refractivity contribution is 7.97. The van der Waals surface area contributed by atoms with E-state index in [1.807, 2.05) is 7.05 Å². The Balaban J connectivity index is 2.60. The predicted octanol–water partition coefficient (Wildman–Crippen LogP) is 0.721. The minimum Gasteiger partial charge on any atom is -0.307 e. The van der Waals surface area contributed by atoms with E-state index in [1.165, 1.54) is 0 Å². The van der Waals surface area contributed by atoms with E-state index >= 15 is 0 Å². The monoisotopic (exact) mass is 166 g/mol. The zero-order valence-corrected chi connectivity index (χ0v) is 7.39. The highest BCUT2D eigenvalue weighted by atomic mass is 32.2. The SMILES string of the molecule is CNSCNCCCS. The summed E-state index contributed by atoms with van der Waals surface area (Å²) in [5, 5.41) is 3.24. The van der Waals surface area contributed by atoms with Gasteiger partial charge in [0.15, 0.2) is 0 Å². The standard InChI is InChI=1S/C5H14N2S2/c1-6-9-5-7-3-2-4-8/h6-8H,2-5H2,1H3. The van der Waals surface area contributed by atoms with Crippen LogP contribution >= 0.6 is 24.6 Å². The third-order valence-corrected chi connectivity index (χ3v) is 1.78. The molecule has 4 heteroatoms. The van der Waals surface area contributed by atoms with E-state index in [0.29, 0.717) is 0 Å². The number of nitrogens with one attached hydrogen (secondary N) is 2. The Morgan fingerprint density at radius 1 is 1.56 bits per heavy atom. The lowest BCUT2D eigenvalue weighted by Crippen LogP contribution is -2.16. The molecule has 0 aliphatic carbocycles. The molecule has 2 N–H and O–H groups in total. The van der Waals surface area contributed by atoms with E-state index in [0.717, 1.165) is 24.6 Å². The van der Waals surface area contributed by atoms with Gasteiger partial charge in [0.25, 0.3) is 0 Å². The van der Waals surface area contributed by atoms with Gasteiger partial charge in [-0.15, -0.1) is 0 Å². The van der Waals surface area contributed by atoms with E-state index in [4.69, 9.17) is 0 Å². The largest absolute Gasteiger partial charge is 0.307 e. The van der Waals surface area contributed by atoms with Crippen molar-refractivity contribution < 1.29 is 0 Å². The first-order valence-electron chi connectivity index (χ1n) is 3.02. The van der Waals surface area contributed by atoms with Crippen LogP contribution in [0.5, 0.6) is 0 Å². The maximum absolute atomic E-state index is 4.08. The fourth-order valence-corrected chi connectivity index (χ4v) is 0.948. The van der Waals surface area contributed by atoms with Crippen molar-refractivity contribution in [1.29, 1.82) is 0 Å². The molecule has 0 bridgehead atoms. The molecule has 0 spiro atoms. The summed E-state index contributed by atoms with van der Waals surface area (Å²) in [4.78, 5) is 0. The normalized spacial score (nSPS) is 10.0. The number of hydrogen-bond acceptors (Lipinski definition) is 4. The smallest absolute Gasteiger partial charge is 0.0565 e. The molecule has 0 rings (SSSR count). The van der Waals surface area contributed by atoms with E-state index < -0.39 is 0 Å². The van der Waals surface area contributed by atoms with E-state index in [-0.39, 0.29) is 0 Å². The molecule has 0 radical (unpaired) electrons. The van der Waals surface area contributed by atoms with Gasteiger partial charge in [0.05, 0.1) is 5.88 Å². The summed E-state index contributed by atoms with van der Waals surface area (Å²) in [5.41, 5.74) is 0. The summed E-state index contributed by atoms with van der Waals surface area (Å²) < 4.78 is 2.98. The van der Waals surface area contributed by atoms with Crippen LogP contribution in [0.3, 0.4) is 0 Å². The Kier molecular flexibility index (Phi) is 9.21. The van der Waals surface area contributed by atoms with Gasteiger partial charge in [-0.3, -0.25) is 4.72 Å². The lowest BCUT2D eigenvalue weighted by molar-refractivity contribution is 0.761. The van der Waals surface area contributed by atoms with Crippen LogP contribution in [0, 0.1) is 0 Å². The summed E-state index contributed by atoms with van der Waals surface area (Å²) in [6.07, 6.45) is 1.15. The molecule has 0 unspecified atom stereocenters. The lowest BCUT2D eigenvalue weighted by atomic mass is 10.5. The quantitative estimate of drug-likeness (QED) is 0.235. The van der Waals surface area contributed by atoms with Gasteiger partial charge in [0.1, 0.15) is 0 Å².